The lowest BCUT2D eigenvalue weighted by atomic mass is 10.1. The third kappa shape index (κ3) is 3.36. The summed E-state index contributed by atoms with van der Waals surface area (Å²) in [7, 11) is 1.26. The molecule has 1 heterocycles. The van der Waals surface area contributed by atoms with E-state index < -0.39 is 16.9 Å². The van der Waals surface area contributed by atoms with Crippen LogP contribution in [0.15, 0.2) is 42.6 Å². The third-order valence-corrected chi connectivity index (χ3v) is 2.97. The molecule has 1 atom stereocenters. The maximum Gasteiger partial charge on any atom is 0.327 e. The zero-order valence-electron chi connectivity index (χ0n) is 11.7. The molecule has 0 amide bonds. The summed E-state index contributed by atoms with van der Waals surface area (Å²) in [5.41, 5.74) is 6.75. The van der Waals surface area contributed by atoms with Gasteiger partial charge in [-0.15, -0.1) is 0 Å². The number of rotatable bonds is 5. The zero-order chi connectivity index (χ0) is 16.1. The summed E-state index contributed by atoms with van der Waals surface area (Å²) in [6.45, 7) is 0. The Hall–Kier alpha value is -3.00. The number of nitro groups is 1. The van der Waals surface area contributed by atoms with Crippen molar-refractivity contribution >= 4 is 23.2 Å². The van der Waals surface area contributed by atoms with Crippen LogP contribution in [0.25, 0.3) is 0 Å². The van der Waals surface area contributed by atoms with Gasteiger partial charge < -0.3 is 15.8 Å². The Labute approximate surface area is 126 Å². The predicted molar refractivity (Wildman–Crippen MR) is 79.6 cm³/mol. The van der Waals surface area contributed by atoms with Crippen LogP contribution >= 0.6 is 0 Å². The highest BCUT2D eigenvalue weighted by molar-refractivity contribution is 5.77. The highest BCUT2D eigenvalue weighted by Crippen LogP contribution is 2.25. The lowest BCUT2D eigenvalue weighted by Crippen LogP contribution is -2.22. The Balaban J connectivity index is 2.19. The van der Waals surface area contributed by atoms with Crippen molar-refractivity contribution in [2.75, 3.05) is 12.4 Å². The number of hydrogen-bond acceptors (Lipinski definition) is 7. The molecule has 0 radical (unpaired) electrons. The SMILES string of the molecule is COC(=O)C(N)c1ccc(Nc2ncccc2[N+](=O)[O-])cc1. The monoisotopic (exact) mass is 302 g/mol. The van der Waals surface area contributed by atoms with Crippen molar-refractivity contribution in [3.05, 3.63) is 58.3 Å². The van der Waals surface area contributed by atoms with Gasteiger partial charge in [0, 0.05) is 18.0 Å². The first kappa shape index (κ1) is 15.4. The highest BCUT2D eigenvalue weighted by Gasteiger charge is 2.17. The normalized spacial score (nSPS) is 11.5. The minimum Gasteiger partial charge on any atom is -0.468 e. The quantitative estimate of drug-likeness (QED) is 0.491. The van der Waals surface area contributed by atoms with Crippen LogP contribution in [-0.4, -0.2) is 23.0 Å². The topological polar surface area (TPSA) is 120 Å². The Morgan fingerprint density at radius 2 is 2.05 bits per heavy atom. The molecule has 1 aromatic carbocycles. The van der Waals surface area contributed by atoms with E-state index in [0.29, 0.717) is 11.3 Å². The van der Waals surface area contributed by atoms with Crippen molar-refractivity contribution in [2.24, 2.45) is 5.73 Å². The van der Waals surface area contributed by atoms with Crippen molar-refractivity contribution in [3.63, 3.8) is 0 Å². The number of nitrogens with one attached hydrogen (secondary N) is 1. The lowest BCUT2D eigenvalue weighted by Gasteiger charge is -2.11. The summed E-state index contributed by atoms with van der Waals surface area (Å²) in [4.78, 5) is 25.7. The molecule has 1 unspecified atom stereocenters. The number of carbonyl (C=O) groups is 1. The number of hydrogen-bond donors (Lipinski definition) is 2. The summed E-state index contributed by atoms with van der Waals surface area (Å²) in [5, 5.41) is 13.8. The number of esters is 1. The number of benzene rings is 1. The number of nitrogens with two attached hydrogens (primary N) is 1. The van der Waals surface area contributed by atoms with Crippen LogP contribution in [0.4, 0.5) is 17.2 Å². The van der Waals surface area contributed by atoms with Gasteiger partial charge in [0.2, 0.25) is 5.82 Å². The zero-order valence-corrected chi connectivity index (χ0v) is 11.7. The van der Waals surface area contributed by atoms with Gasteiger partial charge in [0.05, 0.1) is 12.0 Å². The van der Waals surface area contributed by atoms with Crippen LogP contribution in [0.5, 0.6) is 0 Å². The molecule has 2 aromatic rings. The molecule has 8 heteroatoms. The summed E-state index contributed by atoms with van der Waals surface area (Å²) >= 11 is 0. The molecule has 0 bridgehead atoms. The van der Waals surface area contributed by atoms with Crippen LogP contribution in [0.2, 0.25) is 0 Å². The van der Waals surface area contributed by atoms with E-state index in [2.05, 4.69) is 15.0 Å². The van der Waals surface area contributed by atoms with Gasteiger partial charge >= 0.3 is 11.7 Å². The predicted octanol–water partition coefficient (Wildman–Crippen LogP) is 1.91. The number of methoxy groups -OCH3 is 1. The van der Waals surface area contributed by atoms with E-state index >= 15 is 0 Å². The first-order valence-corrected chi connectivity index (χ1v) is 6.32. The van der Waals surface area contributed by atoms with Crippen LogP contribution in [-0.2, 0) is 9.53 Å². The minimum atomic E-state index is -0.872. The molecule has 8 nitrogen and oxygen atoms in total. The fourth-order valence-corrected chi connectivity index (χ4v) is 1.81. The van der Waals surface area contributed by atoms with Crippen molar-refractivity contribution in [1.29, 1.82) is 0 Å². The van der Waals surface area contributed by atoms with Gasteiger partial charge in [-0.2, -0.15) is 0 Å². The van der Waals surface area contributed by atoms with Gasteiger partial charge in [-0.05, 0) is 23.8 Å². The van der Waals surface area contributed by atoms with Gasteiger partial charge in [0.15, 0.2) is 0 Å². The number of carbonyl (C=O) groups excluding carboxylic acids is 1. The molecule has 0 fully saturated rings. The fraction of sp³-hybridized carbons (Fsp3) is 0.143. The number of pyridine rings is 1. The molecule has 1 aromatic heterocycles. The van der Waals surface area contributed by atoms with E-state index in [0.717, 1.165) is 0 Å². The summed E-state index contributed by atoms with van der Waals surface area (Å²) < 4.78 is 4.57. The van der Waals surface area contributed by atoms with Gasteiger partial charge in [-0.1, -0.05) is 12.1 Å². The molecule has 3 N–H and O–H groups in total. The molecule has 0 spiro atoms. The van der Waals surface area contributed by atoms with E-state index in [1.807, 2.05) is 0 Å². The number of ether oxygens (including phenoxy) is 1. The Morgan fingerprint density at radius 3 is 2.64 bits per heavy atom. The second-order valence-corrected chi connectivity index (χ2v) is 4.38. The Morgan fingerprint density at radius 1 is 1.36 bits per heavy atom. The van der Waals surface area contributed by atoms with Crippen molar-refractivity contribution in [3.8, 4) is 0 Å². The second kappa shape index (κ2) is 6.64. The second-order valence-electron chi connectivity index (χ2n) is 4.38. The molecule has 114 valence electrons. The van der Waals surface area contributed by atoms with Gasteiger partial charge in [-0.25, -0.2) is 4.98 Å². The third-order valence-electron chi connectivity index (χ3n) is 2.97. The summed E-state index contributed by atoms with van der Waals surface area (Å²) in [6, 6.07) is 8.55. The molecular formula is C14H14N4O4. The average molecular weight is 302 g/mol. The molecular weight excluding hydrogens is 288 g/mol. The Kier molecular flexibility index (Phi) is 4.64. The van der Waals surface area contributed by atoms with Gasteiger partial charge in [-0.3, -0.25) is 14.9 Å². The van der Waals surface area contributed by atoms with Crippen LogP contribution in [0, 0.1) is 10.1 Å². The molecule has 0 saturated heterocycles. The maximum absolute atomic E-state index is 11.4. The van der Waals surface area contributed by atoms with Crippen molar-refractivity contribution in [1.82, 2.24) is 4.98 Å². The van der Waals surface area contributed by atoms with Crippen molar-refractivity contribution in [2.45, 2.75) is 6.04 Å². The molecule has 0 aliphatic rings. The Bertz CT molecular complexity index is 687. The summed E-state index contributed by atoms with van der Waals surface area (Å²) in [5.74, 6) is -0.404. The van der Waals surface area contributed by atoms with Crippen LogP contribution in [0.1, 0.15) is 11.6 Å². The van der Waals surface area contributed by atoms with E-state index in [1.54, 1.807) is 24.3 Å². The maximum atomic E-state index is 11.4. The molecule has 0 aliphatic heterocycles. The highest BCUT2D eigenvalue weighted by atomic mass is 16.6. The number of anilines is 2. The fourth-order valence-electron chi connectivity index (χ4n) is 1.81. The van der Waals surface area contributed by atoms with E-state index in [4.69, 9.17) is 5.73 Å². The first-order valence-electron chi connectivity index (χ1n) is 6.32. The number of aromatic nitrogens is 1. The summed E-state index contributed by atoms with van der Waals surface area (Å²) in [6.07, 6.45) is 1.46. The smallest absolute Gasteiger partial charge is 0.327 e. The van der Waals surface area contributed by atoms with E-state index in [-0.39, 0.29) is 11.5 Å². The van der Waals surface area contributed by atoms with Crippen LogP contribution in [0.3, 0.4) is 0 Å². The first-order chi connectivity index (χ1) is 10.5. The van der Waals surface area contributed by atoms with Gasteiger partial charge in [0.1, 0.15) is 6.04 Å². The van der Waals surface area contributed by atoms with Crippen LogP contribution < -0.4 is 11.1 Å². The lowest BCUT2D eigenvalue weighted by molar-refractivity contribution is -0.384. The molecule has 0 saturated carbocycles. The molecule has 2 rings (SSSR count). The standard InChI is InChI=1S/C14H14N4O4/c1-22-14(19)12(15)9-4-6-10(7-5-9)17-13-11(18(20)21)3-2-8-16-13/h2-8,12H,15H2,1H3,(H,16,17). The van der Waals surface area contributed by atoms with E-state index in [9.17, 15) is 14.9 Å². The largest absolute Gasteiger partial charge is 0.468 e. The van der Waals surface area contributed by atoms with Gasteiger partial charge in [0.25, 0.3) is 0 Å². The molecule has 22 heavy (non-hydrogen) atoms. The van der Waals surface area contributed by atoms with E-state index in [1.165, 1.54) is 25.4 Å². The molecule has 0 aliphatic carbocycles. The average Bonchev–Trinajstić information content (AvgIpc) is 2.54. The van der Waals surface area contributed by atoms with Crippen molar-refractivity contribution < 1.29 is 14.5 Å². The number of nitrogens with zero attached hydrogens (tertiary/aromatic N) is 2. The minimum absolute atomic E-state index is 0.127.